The van der Waals surface area contributed by atoms with E-state index in [2.05, 4.69) is 17.2 Å². The minimum Gasteiger partial charge on any atom is -0.336 e. The molecule has 2 aromatic rings. The van der Waals surface area contributed by atoms with Gasteiger partial charge in [-0.05, 0) is 30.7 Å². The van der Waals surface area contributed by atoms with Crippen molar-refractivity contribution in [2.75, 3.05) is 19.6 Å². The van der Waals surface area contributed by atoms with Gasteiger partial charge in [-0.25, -0.2) is 0 Å². The summed E-state index contributed by atoms with van der Waals surface area (Å²) < 4.78 is 38.7. The van der Waals surface area contributed by atoms with E-state index in [0.29, 0.717) is 24.2 Å². The molecule has 0 bridgehead atoms. The first-order valence-corrected chi connectivity index (χ1v) is 8.55. The molecule has 0 saturated carbocycles. The van der Waals surface area contributed by atoms with Gasteiger partial charge in [0.15, 0.2) is 0 Å². The van der Waals surface area contributed by atoms with Crippen LogP contribution in [0.2, 0.25) is 0 Å². The number of nitrogens with zero attached hydrogens (tertiary/aromatic N) is 2. The van der Waals surface area contributed by atoms with Gasteiger partial charge in [-0.3, -0.25) is 9.78 Å². The van der Waals surface area contributed by atoms with Crippen LogP contribution in [-0.2, 0) is 6.18 Å². The molecule has 1 fully saturated rings. The number of hydrogen-bond donors (Lipinski definition) is 1. The van der Waals surface area contributed by atoms with Crippen LogP contribution in [0.1, 0.15) is 29.3 Å². The predicted octanol–water partition coefficient (Wildman–Crippen LogP) is 3.59. The number of rotatable bonds is 3. The summed E-state index contributed by atoms with van der Waals surface area (Å²) in [6.45, 7) is 4.04. The van der Waals surface area contributed by atoms with E-state index >= 15 is 0 Å². The van der Waals surface area contributed by atoms with Crippen molar-refractivity contribution in [3.05, 3.63) is 53.7 Å². The van der Waals surface area contributed by atoms with Crippen molar-refractivity contribution in [3.63, 3.8) is 0 Å². The molecule has 4 nitrogen and oxygen atoms in total. The number of carbonyl (C=O) groups excluding carboxylic acids is 1. The van der Waals surface area contributed by atoms with Crippen molar-refractivity contribution in [2.24, 2.45) is 0 Å². The summed E-state index contributed by atoms with van der Waals surface area (Å²) in [5.74, 6) is -0.112. The van der Waals surface area contributed by atoms with Gasteiger partial charge in [-0.15, -0.1) is 0 Å². The molecule has 3 rings (SSSR count). The monoisotopic (exact) mass is 363 g/mol. The lowest BCUT2D eigenvalue weighted by Crippen LogP contribution is -2.52. The quantitative estimate of drug-likeness (QED) is 0.906. The molecular formula is C19H20F3N3O. The average molecular weight is 363 g/mol. The van der Waals surface area contributed by atoms with Gasteiger partial charge in [0.1, 0.15) is 0 Å². The average Bonchev–Trinajstić information content (AvgIpc) is 2.67. The largest absolute Gasteiger partial charge is 0.416 e. The molecular weight excluding hydrogens is 343 g/mol. The highest BCUT2D eigenvalue weighted by Gasteiger charge is 2.31. The van der Waals surface area contributed by atoms with Crippen molar-refractivity contribution in [3.8, 4) is 11.3 Å². The van der Waals surface area contributed by atoms with Gasteiger partial charge < -0.3 is 10.2 Å². The molecule has 2 heterocycles. The van der Waals surface area contributed by atoms with E-state index in [-0.39, 0.29) is 17.6 Å². The first-order chi connectivity index (χ1) is 12.4. The van der Waals surface area contributed by atoms with Gasteiger partial charge in [-0.2, -0.15) is 13.2 Å². The molecule has 1 aromatic heterocycles. The molecule has 1 atom stereocenters. The second-order valence-electron chi connectivity index (χ2n) is 6.32. The van der Waals surface area contributed by atoms with Crippen LogP contribution in [0.3, 0.4) is 0 Å². The number of amides is 1. The summed E-state index contributed by atoms with van der Waals surface area (Å²) in [6.07, 6.45) is -2.37. The normalized spacial score (nSPS) is 18.0. The van der Waals surface area contributed by atoms with E-state index in [9.17, 15) is 18.0 Å². The van der Waals surface area contributed by atoms with Crippen molar-refractivity contribution < 1.29 is 18.0 Å². The van der Waals surface area contributed by atoms with E-state index in [1.165, 1.54) is 0 Å². The van der Waals surface area contributed by atoms with Gasteiger partial charge >= 0.3 is 6.18 Å². The summed E-state index contributed by atoms with van der Waals surface area (Å²) >= 11 is 0. The third-order valence-electron chi connectivity index (χ3n) is 4.53. The summed E-state index contributed by atoms with van der Waals surface area (Å²) in [4.78, 5) is 18.6. The Morgan fingerprint density at radius 1 is 1.31 bits per heavy atom. The fraction of sp³-hybridized carbons (Fsp3) is 0.368. The van der Waals surface area contributed by atoms with Gasteiger partial charge in [0.05, 0.1) is 11.3 Å². The number of benzene rings is 1. The molecule has 1 aromatic carbocycles. The zero-order valence-corrected chi connectivity index (χ0v) is 14.4. The van der Waals surface area contributed by atoms with Gasteiger partial charge in [-0.1, -0.05) is 19.1 Å². The standard InChI is InChI=1S/C19H20F3N3O/c1-2-16-12-25(9-8-23-16)18(26)14-5-3-4-13(10-14)17-11-15(6-7-24-17)19(20,21)22/h3-7,10-11,16,23H,2,8-9,12H2,1H3/t16-/m1/s1. The molecule has 1 aliphatic heterocycles. The maximum Gasteiger partial charge on any atom is 0.416 e. The molecule has 26 heavy (non-hydrogen) atoms. The molecule has 1 saturated heterocycles. The predicted molar refractivity (Wildman–Crippen MR) is 92.7 cm³/mol. The fourth-order valence-electron chi connectivity index (χ4n) is 3.04. The zero-order chi connectivity index (χ0) is 18.7. The molecule has 1 aliphatic rings. The number of hydrogen-bond acceptors (Lipinski definition) is 3. The van der Waals surface area contributed by atoms with Crippen LogP contribution in [0.4, 0.5) is 13.2 Å². The molecule has 7 heteroatoms. The van der Waals surface area contributed by atoms with Crippen LogP contribution in [0.25, 0.3) is 11.3 Å². The van der Waals surface area contributed by atoms with Crippen molar-refractivity contribution >= 4 is 5.91 Å². The Balaban J connectivity index is 1.86. The Labute approximate surface area is 150 Å². The molecule has 0 aliphatic carbocycles. The van der Waals surface area contributed by atoms with Crippen LogP contribution < -0.4 is 5.32 Å². The Morgan fingerprint density at radius 2 is 2.12 bits per heavy atom. The van der Waals surface area contributed by atoms with Gasteiger partial charge in [0.2, 0.25) is 0 Å². The number of aromatic nitrogens is 1. The topological polar surface area (TPSA) is 45.2 Å². The first kappa shape index (κ1) is 18.4. The molecule has 0 radical (unpaired) electrons. The lowest BCUT2D eigenvalue weighted by atomic mass is 10.0. The smallest absolute Gasteiger partial charge is 0.336 e. The number of halogens is 3. The van der Waals surface area contributed by atoms with E-state index in [4.69, 9.17) is 0 Å². The number of nitrogens with one attached hydrogen (secondary N) is 1. The lowest BCUT2D eigenvalue weighted by molar-refractivity contribution is -0.137. The Morgan fingerprint density at radius 3 is 2.85 bits per heavy atom. The lowest BCUT2D eigenvalue weighted by Gasteiger charge is -2.33. The summed E-state index contributed by atoms with van der Waals surface area (Å²) in [5, 5.41) is 3.35. The first-order valence-electron chi connectivity index (χ1n) is 8.55. The fourth-order valence-corrected chi connectivity index (χ4v) is 3.04. The van der Waals surface area contributed by atoms with Gasteiger partial charge in [0, 0.05) is 43.0 Å². The second-order valence-corrected chi connectivity index (χ2v) is 6.32. The number of alkyl halides is 3. The van der Waals surface area contributed by atoms with Crippen molar-refractivity contribution in [2.45, 2.75) is 25.6 Å². The van der Waals surface area contributed by atoms with Crippen LogP contribution in [0.5, 0.6) is 0 Å². The van der Waals surface area contributed by atoms with Crippen LogP contribution >= 0.6 is 0 Å². The third-order valence-corrected chi connectivity index (χ3v) is 4.53. The van der Waals surface area contributed by atoms with E-state index < -0.39 is 11.7 Å². The SMILES string of the molecule is CC[C@@H]1CN(C(=O)c2cccc(-c3cc(C(F)(F)F)ccn3)c2)CCN1. The summed E-state index contributed by atoms with van der Waals surface area (Å²) in [7, 11) is 0. The highest BCUT2D eigenvalue weighted by atomic mass is 19.4. The van der Waals surface area contributed by atoms with Gasteiger partial charge in [0.25, 0.3) is 5.91 Å². The minimum atomic E-state index is -4.43. The highest BCUT2D eigenvalue weighted by molar-refractivity contribution is 5.95. The molecule has 1 N–H and O–H groups in total. The van der Waals surface area contributed by atoms with Crippen molar-refractivity contribution in [1.29, 1.82) is 0 Å². The Kier molecular flexibility index (Phi) is 5.27. The number of pyridine rings is 1. The van der Waals surface area contributed by atoms with Crippen molar-refractivity contribution in [1.82, 2.24) is 15.2 Å². The minimum absolute atomic E-state index is 0.112. The highest BCUT2D eigenvalue weighted by Crippen LogP contribution is 2.31. The van der Waals surface area contributed by atoms with E-state index in [1.807, 2.05) is 0 Å². The molecule has 138 valence electrons. The number of carbonyl (C=O) groups is 1. The summed E-state index contributed by atoms with van der Waals surface area (Å²) in [6, 6.07) is 8.82. The maximum atomic E-state index is 12.9. The Hall–Kier alpha value is -2.41. The second kappa shape index (κ2) is 7.45. The van der Waals surface area contributed by atoms with Crippen LogP contribution in [0, 0.1) is 0 Å². The maximum absolute atomic E-state index is 12.9. The van der Waals surface area contributed by atoms with Crippen LogP contribution in [-0.4, -0.2) is 41.5 Å². The molecule has 0 unspecified atom stereocenters. The zero-order valence-electron chi connectivity index (χ0n) is 14.4. The Bertz CT molecular complexity index is 792. The summed E-state index contributed by atoms with van der Waals surface area (Å²) in [5.41, 5.74) is 0.385. The van der Waals surface area contributed by atoms with E-state index in [1.54, 1.807) is 29.2 Å². The number of piperazine rings is 1. The molecule has 1 amide bonds. The third kappa shape index (κ3) is 4.04. The van der Waals surface area contributed by atoms with E-state index in [0.717, 1.165) is 31.3 Å². The van der Waals surface area contributed by atoms with Crippen LogP contribution in [0.15, 0.2) is 42.6 Å². The molecule has 0 spiro atoms.